The minimum atomic E-state index is 0.444. The molecule has 0 aromatic heterocycles. The third-order valence-corrected chi connectivity index (χ3v) is 3.86. The number of nitrogens with one attached hydrogen (secondary N) is 1. The molecule has 0 heterocycles. The van der Waals surface area contributed by atoms with E-state index >= 15 is 0 Å². The van der Waals surface area contributed by atoms with E-state index < -0.39 is 0 Å². The fourth-order valence-electron chi connectivity index (χ4n) is 1.68. The maximum atomic E-state index is 3.54. The second-order valence-corrected chi connectivity index (χ2v) is 6.02. The molecule has 0 amide bonds. The van der Waals surface area contributed by atoms with Gasteiger partial charge in [-0.2, -0.15) is 0 Å². The zero-order valence-electron chi connectivity index (χ0n) is 9.35. The first-order chi connectivity index (χ1) is 7.06. The van der Waals surface area contributed by atoms with Gasteiger partial charge in [0.1, 0.15) is 0 Å². The van der Waals surface area contributed by atoms with E-state index in [-0.39, 0.29) is 0 Å². The first-order valence-corrected chi connectivity index (χ1v) is 7.11. The van der Waals surface area contributed by atoms with Crippen LogP contribution in [-0.2, 0) is 0 Å². The van der Waals surface area contributed by atoms with Crippen LogP contribution in [0.1, 0.15) is 32.4 Å². The van der Waals surface area contributed by atoms with Gasteiger partial charge in [0.15, 0.2) is 0 Å². The largest absolute Gasteiger partial charge is 0.310 e. The van der Waals surface area contributed by atoms with E-state index in [1.165, 1.54) is 9.13 Å². The molecule has 1 rings (SSSR count). The van der Waals surface area contributed by atoms with Crippen molar-refractivity contribution in [2.45, 2.75) is 26.8 Å². The summed E-state index contributed by atoms with van der Waals surface area (Å²) in [5.41, 5.74) is 1.39. The SMILES string of the molecule is CCNC(c1cc(Br)ccc1I)C(C)C. The number of hydrogen-bond acceptors (Lipinski definition) is 1. The molecular formula is C12H17BrIN. The Labute approximate surface area is 114 Å². The zero-order chi connectivity index (χ0) is 11.4. The lowest BCUT2D eigenvalue weighted by molar-refractivity contribution is 0.420. The van der Waals surface area contributed by atoms with Gasteiger partial charge in [-0.15, -0.1) is 0 Å². The molecule has 0 saturated heterocycles. The van der Waals surface area contributed by atoms with Crippen molar-refractivity contribution < 1.29 is 0 Å². The topological polar surface area (TPSA) is 12.0 Å². The van der Waals surface area contributed by atoms with Crippen molar-refractivity contribution in [1.29, 1.82) is 0 Å². The van der Waals surface area contributed by atoms with Crippen molar-refractivity contribution in [2.24, 2.45) is 5.92 Å². The molecule has 15 heavy (non-hydrogen) atoms. The van der Waals surface area contributed by atoms with Gasteiger partial charge in [-0.05, 0) is 58.8 Å². The van der Waals surface area contributed by atoms with Crippen molar-refractivity contribution in [3.63, 3.8) is 0 Å². The fraction of sp³-hybridized carbons (Fsp3) is 0.500. The van der Waals surface area contributed by atoms with Crippen LogP contribution in [0.25, 0.3) is 0 Å². The molecule has 1 aromatic rings. The molecule has 1 nitrogen and oxygen atoms in total. The predicted molar refractivity (Wildman–Crippen MR) is 78.1 cm³/mol. The van der Waals surface area contributed by atoms with E-state index in [0.717, 1.165) is 11.0 Å². The van der Waals surface area contributed by atoms with Gasteiger partial charge in [0.25, 0.3) is 0 Å². The second-order valence-electron chi connectivity index (χ2n) is 3.95. The van der Waals surface area contributed by atoms with E-state index in [1.54, 1.807) is 0 Å². The molecule has 0 aliphatic rings. The van der Waals surface area contributed by atoms with Crippen molar-refractivity contribution in [2.75, 3.05) is 6.54 Å². The van der Waals surface area contributed by atoms with Crippen molar-refractivity contribution >= 4 is 38.5 Å². The molecule has 0 radical (unpaired) electrons. The smallest absolute Gasteiger partial charge is 0.0354 e. The molecule has 1 aromatic carbocycles. The van der Waals surface area contributed by atoms with Gasteiger partial charge in [-0.1, -0.05) is 36.7 Å². The van der Waals surface area contributed by atoms with E-state index in [1.807, 2.05) is 0 Å². The van der Waals surface area contributed by atoms with Gasteiger partial charge in [-0.25, -0.2) is 0 Å². The van der Waals surface area contributed by atoms with Crippen LogP contribution in [0.4, 0.5) is 0 Å². The molecule has 0 bridgehead atoms. The van der Waals surface area contributed by atoms with Crippen LogP contribution in [0.2, 0.25) is 0 Å². The Hall–Kier alpha value is 0.390. The van der Waals surface area contributed by atoms with Gasteiger partial charge < -0.3 is 5.32 Å². The number of benzene rings is 1. The summed E-state index contributed by atoms with van der Waals surface area (Å²) in [4.78, 5) is 0. The van der Waals surface area contributed by atoms with Gasteiger partial charge in [0, 0.05) is 14.1 Å². The quantitative estimate of drug-likeness (QED) is 0.764. The molecule has 1 N–H and O–H groups in total. The number of halogens is 2. The molecule has 0 aliphatic carbocycles. The van der Waals surface area contributed by atoms with Gasteiger partial charge in [0.2, 0.25) is 0 Å². The Morgan fingerprint density at radius 2 is 2.07 bits per heavy atom. The summed E-state index contributed by atoms with van der Waals surface area (Å²) in [6.07, 6.45) is 0. The zero-order valence-corrected chi connectivity index (χ0v) is 13.1. The van der Waals surface area contributed by atoms with Crippen LogP contribution >= 0.6 is 38.5 Å². The van der Waals surface area contributed by atoms with E-state index in [2.05, 4.69) is 82.8 Å². The summed E-state index contributed by atoms with van der Waals surface area (Å²) in [7, 11) is 0. The fourth-order valence-corrected chi connectivity index (χ4v) is 2.73. The Balaban J connectivity index is 3.04. The molecule has 0 saturated carbocycles. The standard InChI is InChI=1S/C12H17BrIN/c1-4-15-12(8(2)3)10-7-9(13)5-6-11(10)14/h5-8,12,15H,4H2,1-3H3. The number of rotatable bonds is 4. The minimum absolute atomic E-state index is 0.444. The van der Waals surface area contributed by atoms with Crippen LogP contribution in [-0.4, -0.2) is 6.54 Å². The normalized spacial score (nSPS) is 13.2. The van der Waals surface area contributed by atoms with Crippen LogP contribution in [0.3, 0.4) is 0 Å². The molecule has 84 valence electrons. The van der Waals surface area contributed by atoms with Gasteiger partial charge in [-0.3, -0.25) is 0 Å². The van der Waals surface area contributed by atoms with E-state index in [9.17, 15) is 0 Å². The first-order valence-electron chi connectivity index (χ1n) is 5.24. The maximum Gasteiger partial charge on any atom is 0.0354 e. The highest BCUT2D eigenvalue weighted by atomic mass is 127. The minimum Gasteiger partial charge on any atom is -0.310 e. The number of hydrogen-bond donors (Lipinski definition) is 1. The molecule has 0 fully saturated rings. The van der Waals surface area contributed by atoms with E-state index in [0.29, 0.717) is 12.0 Å². The highest BCUT2D eigenvalue weighted by Gasteiger charge is 2.17. The maximum absolute atomic E-state index is 3.54. The molecule has 3 heteroatoms. The third kappa shape index (κ3) is 3.71. The molecule has 1 unspecified atom stereocenters. The second kappa shape index (κ2) is 6.21. The lowest BCUT2D eigenvalue weighted by Gasteiger charge is -2.23. The summed E-state index contributed by atoms with van der Waals surface area (Å²) in [6.45, 7) is 7.67. The average Bonchev–Trinajstić information content (AvgIpc) is 2.18. The van der Waals surface area contributed by atoms with Crippen LogP contribution in [0.15, 0.2) is 22.7 Å². The summed E-state index contributed by atoms with van der Waals surface area (Å²) < 4.78 is 2.48. The third-order valence-electron chi connectivity index (χ3n) is 2.38. The summed E-state index contributed by atoms with van der Waals surface area (Å²) in [6, 6.07) is 6.91. The van der Waals surface area contributed by atoms with Crippen molar-refractivity contribution in [3.8, 4) is 0 Å². The Morgan fingerprint density at radius 3 is 2.60 bits per heavy atom. The Kier molecular flexibility index (Phi) is 5.57. The van der Waals surface area contributed by atoms with E-state index in [4.69, 9.17) is 0 Å². The summed E-state index contributed by atoms with van der Waals surface area (Å²) in [5.74, 6) is 0.604. The molecule has 1 atom stereocenters. The first kappa shape index (κ1) is 13.5. The highest BCUT2D eigenvalue weighted by Crippen LogP contribution is 2.28. The lowest BCUT2D eigenvalue weighted by atomic mass is 9.96. The Morgan fingerprint density at radius 1 is 1.40 bits per heavy atom. The summed E-state index contributed by atoms with van der Waals surface area (Å²) in [5, 5.41) is 3.54. The molecule has 0 aliphatic heterocycles. The predicted octanol–water partition coefficient (Wildman–Crippen LogP) is 4.36. The van der Waals surface area contributed by atoms with Crippen molar-refractivity contribution in [3.05, 3.63) is 31.8 Å². The molecule has 0 spiro atoms. The average molecular weight is 382 g/mol. The summed E-state index contributed by atoms with van der Waals surface area (Å²) >= 11 is 5.94. The van der Waals surface area contributed by atoms with Gasteiger partial charge >= 0.3 is 0 Å². The van der Waals surface area contributed by atoms with Gasteiger partial charge in [0.05, 0.1) is 0 Å². The molecular weight excluding hydrogens is 365 g/mol. The van der Waals surface area contributed by atoms with Crippen LogP contribution < -0.4 is 5.32 Å². The van der Waals surface area contributed by atoms with Crippen LogP contribution in [0.5, 0.6) is 0 Å². The Bertz CT molecular complexity index is 325. The lowest BCUT2D eigenvalue weighted by Crippen LogP contribution is -2.26. The highest BCUT2D eigenvalue weighted by molar-refractivity contribution is 14.1. The van der Waals surface area contributed by atoms with Crippen LogP contribution in [0, 0.1) is 9.49 Å². The monoisotopic (exact) mass is 381 g/mol. The van der Waals surface area contributed by atoms with Crippen molar-refractivity contribution in [1.82, 2.24) is 5.32 Å².